The number of allylic oxidation sites excluding steroid dienone is 1. The highest BCUT2D eigenvalue weighted by Gasteiger charge is 2.30. The average Bonchev–Trinajstić information content (AvgIpc) is 2.52. The van der Waals surface area contributed by atoms with Gasteiger partial charge in [0.25, 0.3) is 0 Å². The molecular formula is C14H12F4N4. The molecule has 1 atom stereocenters. The molecule has 1 aromatic rings. The normalized spacial score (nSPS) is 11.3. The van der Waals surface area contributed by atoms with Crippen LogP contribution in [0.15, 0.2) is 5.57 Å². The second-order valence-electron chi connectivity index (χ2n) is 4.47. The molecule has 8 heteroatoms. The molecule has 0 aliphatic carbocycles. The van der Waals surface area contributed by atoms with Crippen LogP contribution in [-0.2, 0) is 0 Å². The number of rotatable bonds is 4. The van der Waals surface area contributed by atoms with Crippen molar-refractivity contribution in [1.82, 2.24) is 5.43 Å². The molecule has 0 radical (unpaired) electrons. The lowest BCUT2D eigenvalue weighted by Crippen LogP contribution is -2.24. The molecule has 1 rings (SSSR count). The summed E-state index contributed by atoms with van der Waals surface area (Å²) in [6.45, 7) is 3.01. The van der Waals surface area contributed by atoms with E-state index in [0.717, 1.165) is 0 Å². The highest BCUT2D eigenvalue weighted by Crippen LogP contribution is 2.33. The van der Waals surface area contributed by atoms with E-state index in [9.17, 15) is 17.6 Å². The van der Waals surface area contributed by atoms with E-state index < -0.39 is 51.6 Å². The van der Waals surface area contributed by atoms with Gasteiger partial charge in [-0.3, -0.25) is 5.84 Å². The summed E-state index contributed by atoms with van der Waals surface area (Å²) in [5.74, 6) is -2.32. The fourth-order valence-corrected chi connectivity index (χ4v) is 1.91. The first-order valence-electron chi connectivity index (χ1n) is 6.22. The largest absolute Gasteiger partial charge is 0.322 e. The van der Waals surface area contributed by atoms with Gasteiger partial charge in [-0.1, -0.05) is 13.8 Å². The number of nitriles is 2. The van der Waals surface area contributed by atoms with Gasteiger partial charge >= 0.3 is 0 Å². The molecular weight excluding hydrogens is 300 g/mol. The number of nitrogens with two attached hydrogens (primary N) is 1. The Kier molecular flexibility index (Phi) is 5.50. The topological polar surface area (TPSA) is 85.6 Å². The van der Waals surface area contributed by atoms with Crippen LogP contribution in [0, 0.1) is 45.9 Å². The van der Waals surface area contributed by atoms with E-state index >= 15 is 0 Å². The molecule has 0 aliphatic rings. The van der Waals surface area contributed by atoms with Crippen LogP contribution in [0.25, 0.3) is 5.70 Å². The van der Waals surface area contributed by atoms with Crippen LogP contribution in [-0.4, -0.2) is 0 Å². The zero-order chi connectivity index (χ0) is 17.0. The van der Waals surface area contributed by atoms with E-state index in [4.69, 9.17) is 16.4 Å². The zero-order valence-electron chi connectivity index (χ0n) is 11.8. The van der Waals surface area contributed by atoms with E-state index in [1.54, 1.807) is 12.3 Å². The van der Waals surface area contributed by atoms with Crippen LogP contribution >= 0.6 is 0 Å². The Bertz CT molecular complexity index is 668. The van der Waals surface area contributed by atoms with Crippen molar-refractivity contribution in [2.45, 2.75) is 26.2 Å². The predicted molar refractivity (Wildman–Crippen MR) is 70.4 cm³/mol. The van der Waals surface area contributed by atoms with Gasteiger partial charge < -0.3 is 5.43 Å². The number of hydrazine groups is 1. The zero-order valence-corrected chi connectivity index (χ0v) is 11.8. The van der Waals surface area contributed by atoms with Crippen LogP contribution in [0.3, 0.4) is 0 Å². The maximum Gasteiger partial charge on any atom is 0.171 e. The molecule has 0 heterocycles. The highest BCUT2D eigenvalue weighted by molar-refractivity contribution is 5.74. The Morgan fingerprint density at radius 2 is 1.55 bits per heavy atom. The van der Waals surface area contributed by atoms with Crippen molar-refractivity contribution >= 4 is 5.70 Å². The van der Waals surface area contributed by atoms with Crippen molar-refractivity contribution in [2.24, 2.45) is 5.84 Å². The molecule has 0 spiro atoms. The molecule has 0 fully saturated rings. The molecule has 1 aromatic carbocycles. The molecule has 0 bridgehead atoms. The average molecular weight is 312 g/mol. The minimum absolute atomic E-state index is 0.255. The van der Waals surface area contributed by atoms with Crippen LogP contribution in [0.4, 0.5) is 17.6 Å². The van der Waals surface area contributed by atoms with Crippen LogP contribution in [0.5, 0.6) is 0 Å². The van der Waals surface area contributed by atoms with Crippen LogP contribution < -0.4 is 11.3 Å². The van der Waals surface area contributed by atoms with E-state index in [0.29, 0.717) is 0 Å². The minimum Gasteiger partial charge on any atom is -0.322 e. The lowest BCUT2D eigenvalue weighted by atomic mass is 9.94. The third-order valence-corrected chi connectivity index (χ3v) is 3.27. The van der Waals surface area contributed by atoms with Crippen molar-refractivity contribution in [3.05, 3.63) is 40.0 Å². The van der Waals surface area contributed by atoms with Gasteiger partial charge in [-0.15, -0.1) is 0 Å². The van der Waals surface area contributed by atoms with E-state index in [1.165, 1.54) is 19.1 Å². The molecule has 116 valence electrons. The fraction of sp³-hybridized carbons (Fsp3) is 0.286. The lowest BCUT2D eigenvalue weighted by Gasteiger charge is -2.17. The van der Waals surface area contributed by atoms with Gasteiger partial charge in [0.1, 0.15) is 12.1 Å². The molecule has 4 nitrogen and oxygen atoms in total. The van der Waals surface area contributed by atoms with E-state index in [-0.39, 0.29) is 6.42 Å². The molecule has 3 N–H and O–H groups in total. The predicted octanol–water partition coefficient (Wildman–Crippen LogP) is 2.98. The van der Waals surface area contributed by atoms with Gasteiger partial charge in [0, 0.05) is 5.56 Å². The molecule has 1 unspecified atom stereocenters. The summed E-state index contributed by atoms with van der Waals surface area (Å²) in [6.07, 6.45) is 0.255. The number of hydrogen-bond acceptors (Lipinski definition) is 4. The third kappa shape index (κ3) is 2.74. The number of halogens is 4. The summed E-state index contributed by atoms with van der Waals surface area (Å²) >= 11 is 0. The van der Waals surface area contributed by atoms with Gasteiger partial charge in [-0.2, -0.15) is 10.5 Å². The standard InChI is InChI=1S/C14H12F4N4/c1-3-6(2)8-10(15)12(17)9(13(18)11(8)16)14(22-21)7(4-19)5-20/h6,22H,3,21H2,1-2H3. The van der Waals surface area contributed by atoms with Gasteiger partial charge in [-0.05, 0) is 12.3 Å². The van der Waals surface area contributed by atoms with E-state index in [2.05, 4.69) is 0 Å². The summed E-state index contributed by atoms with van der Waals surface area (Å²) in [5.41, 5.74) is -1.84. The number of benzene rings is 1. The monoisotopic (exact) mass is 312 g/mol. The van der Waals surface area contributed by atoms with Crippen molar-refractivity contribution in [3.8, 4) is 12.1 Å². The molecule has 0 aliphatic heterocycles. The van der Waals surface area contributed by atoms with Crippen molar-refractivity contribution in [2.75, 3.05) is 0 Å². The summed E-state index contributed by atoms with van der Waals surface area (Å²) < 4.78 is 56.4. The molecule has 22 heavy (non-hydrogen) atoms. The summed E-state index contributed by atoms with van der Waals surface area (Å²) in [4.78, 5) is 0. The smallest absolute Gasteiger partial charge is 0.171 e. The van der Waals surface area contributed by atoms with Gasteiger partial charge in [-0.25, -0.2) is 17.6 Å². The van der Waals surface area contributed by atoms with Gasteiger partial charge in [0.05, 0.1) is 11.3 Å². The maximum atomic E-state index is 14.1. The van der Waals surface area contributed by atoms with Crippen molar-refractivity contribution in [3.63, 3.8) is 0 Å². The molecule has 0 aromatic heterocycles. The maximum absolute atomic E-state index is 14.1. The van der Waals surface area contributed by atoms with Gasteiger partial charge in [0.15, 0.2) is 28.8 Å². The lowest BCUT2D eigenvalue weighted by molar-refractivity contribution is 0.423. The van der Waals surface area contributed by atoms with Crippen LogP contribution in [0.1, 0.15) is 37.3 Å². The Morgan fingerprint density at radius 3 is 1.86 bits per heavy atom. The van der Waals surface area contributed by atoms with Gasteiger partial charge in [0.2, 0.25) is 0 Å². The first-order valence-corrected chi connectivity index (χ1v) is 6.22. The van der Waals surface area contributed by atoms with Crippen LogP contribution in [0.2, 0.25) is 0 Å². The number of nitrogens with one attached hydrogen (secondary N) is 1. The summed E-state index contributed by atoms with van der Waals surface area (Å²) in [5, 5.41) is 17.5. The third-order valence-electron chi connectivity index (χ3n) is 3.27. The molecule has 0 saturated carbocycles. The van der Waals surface area contributed by atoms with E-state index in [1.807, 2.05) is 0 Å². The summed E-state index contributed by atoms with van der Waals surface area (Å²) in [7, 11) is 0. The SMILES string of the molecule is CCC(C)c1c(F)c(F)c(C(NN)=C(C#N)C#N)c(F)c1F. The number of nitrogens with zero attached hydrogens (tertiary/aromatic N) is 2. The summed E-state index contributed by atoms with van der Waals surface area (Å²) in [6, 6.07) is 2.68. The fourth-order valence-electron chi connectivity index (χ4n) is 1.91. The van der Waals surface area contributed by atoms with Crippen molar-refractivity contribution in [1.29, 1.82) is 10.5 Å². The second-order valence-corrected chi connectivity index (χ2v) is 4.47. The Hall–Kier alpha value is -2.58. The second kappa shape index (κ2) is 6.92. The first kappa shape index (κ1) is 17.5. The minimum atomic E-state index is -1.72. The Labute approximate surface area is 124 Å². The van der Waals surface area contributed by atoms with Crippen molar-refractivity contribution < 1.29 is 17.6 Å². The Balaban J connectivity index is 3.86. The molecule has 0 amide bonds. The molecule has 0 saturated heterocycles. The first-order chi connectivity index (χ1) is 10.3. The Morgan fingerprint density at radius 1 is 1.09 bits per heavy atom. The number of hydrogen-bond donors (Lipinski definition) is 2. The highest BCUT2D eigenvalue weighted by atomic mass is 19.2. The quantitative estimate of drug-likeness (QED) is 0.294.